The van der Waals surface area contributed by atoms with E-state index >= 15 is 0 Å². The summed E-state index contributed by atoms with van der Waals surface area (Å²) in [5.74, 6) is 0.304. The van der Waals surface area contributed by atoms with Gasteiger partial charge in [0.1, 0.15) is 10.9 Å². The molecule has 3 heterocycles. The third-order valence-electron chi connectivity index (χ3n) is 4.99. The molecule has 0 bridgehead atoms. The zero-order valence-electron chi connectivity index (χ0n) is 15.8. The average Bonchev–Trinajstić information content (AvgIpc) is 3.01. The van der Waals surface area contributed by atoms with Crippen LogP contribution in [0.1, 0.15) is 21.8 Å². The first-order valence-electron chi connectivity index (χ1n) is 9.12. The first-order chi connectivity index (χ1) is 13.6. The number of thiophene rings is 1. The van der Waals surface area contributed by atoms with Crippen molar-refractivity contribution in [1.82, 2.24) is 9.97 Å². The van der Waals surface area contributed by atoms with Crippen molar-refractivity contribution >= 4 is 38.9 Å². The highest BCUT2D eigenvalue weighted by atomic mass is 32.1. The number of nitrogens with zero attached hydrogens (tertiary/aromatic N) is 3. The Kier molecular flexibility index (Phi) is 4.99. The van der Waals surface area contributed by atoms with Gasteiger partial charge in [-0.05, 0) is 43.2 Å². The number of aromatic nitrogens is 2. The number of anilines is 1. The molecule has 0 radical (unpaired) electrons. The topological polar surface area (TPSA) is 82.0 Å². The molecule has 1 saturated heterocycles. The molecule has 2 aromatic heterocycles. The lowest BCUT2D eigenvalue weighted by Gasteiger charge is -2.28. The maximum absolute atomic E-state index is 12.5. The predicted molar refractivity (Wildman–Crippen MR) is 113 cm³/mol. The second-order valence-corrected chi connectivity index (χ2v) is 7.94. The third kappa shape index (κ3) is 3.44. The number of aryl methyl sites for hydroxylation is 2. The van der Waals surface area contributed by atoms with Gasteiger partial charge in [-0.2, -0.15) is 5.26 Å². The minimum atomic E-state index is -0.203. The van der Waals surface area contributed by atoms with Gasteiger partial charge in [0.25, 0.3) is 5.56 Å². The third-order valence-corrected chi connectivity index (χ3v) is 6.10. The van der Waals surface area contributed by atoms with Gasteiger partial charge in [0.2, 0.25) is 0 Å². The molecule has 1 aliphatic heterocycles. The highest BCUT2D eigenvalue weighted by Gasteiger charge is 2.14. The number of hydrogen-bond donors (Lipinski definition) is 1. The number of allylic oxidation sites excluding steroid dienone is 1. The van der Waals surface area contributed by atoms with Crippen LogP contribution in [0.5, 0.6) is 0 Å². The largest absolute Gasteiger partial charge is 0.378 e. The molecule has 0 aliphatic carbocycles. The van der Waals surface area contributed by atoms with Crippen LogP contribution >= 0.6 is 11.3 Å². The molecule has 28 heavy (non-hydrogen) atoms. The minimum Gasteiger partial charge on any atom is -0.378 e. The first kappa shape index (κ1) is 18.4. The standard InChI is InChI=1S/C21H20N4O2S/c1-13-14(2)28-21-18(13)20(26)23-19(24-21)16(12-22)11-15-3-5-17(6-4-15)25-7-9-27-10-8-25/h3-6,11H,7-10H2,1-2H3,(H,23,24,26)/b16-11+. The first-order valence-corrected chi connectivity index (χ1v) is 9.93. The van der Waals surface area contributed by atoms with Crippen molar-refractivity contribution in [2.24, 2.45) is 0 Å². The van der Waals surface area contributed by atoms with Crippen molar-refractivity contribution in [2.75, 3.05) is 31.2 Å². The average molecular weight is 392 g/mol. The minimum absolute atomic E-state index is 0.203. The molecule has 1 N–H and O–H groups in total. The van der Waals surface area contributed by atoms with Gasteiger partial charge in [0, 0.05) is 23.7 Å². The Bertz CT molecular complexity index is 1150. The maximum Gasteiger partial charge on any atom is 0.260 e. The summed E-state index contributed by atoms with van der Waals surface area (Å²) in [4.78, 5) is 23.8. The Morgan fingerprint density at radius 2 is 2.00 bits per heavy atom. The van der Waals surface area contributed by atoms with Crippen molar-refractivity contribution in [1.29, 1.82) is 5.26 Å². The van der Waals surface area contributed by atoms with Gasteiger partial charge in [0.15, 0.2) is 5.82 Å². The smallest absolute Gasteiger partial charge is 0.260 e. The summed E-state index contributed by atoms with van der Waals surface area (Å²) in [7, 11) is 0. The van der Waals surface area contributed by atoms with E-state index in [-0.39, 0.29) is 5.56 Å². The van der Waals surface area contributed by atoms with E-state index < -0.39 is 0 Å². The lowest BCUT2D eigenvalue weighted by molar-refractivity contribution is 0.122. The van der Waals surface area contributed by atoms with Crippen molar-refractivity contribution in [3.63, 3.8) is 0 Å². The van der Waals surface area contributed by atoms with Crippen molar-refractivity contribution in [3.05, 3.63) is 56.4 Å². The molecular weight excluding hydrogens is 372 g/mol. The number of ether oxygens (including phenoxy) is 1. The fourth-order valence-electron chi connectivity index (χ4n) is 3.31. The van der Waals surface area contributed by atoms with E-state index in [1.165, 1.54) is 11.3 Å². The molecule has 0 atom stereocenters. The van der Waals surface area contributed by atoms with Gasteiger partial charge in [-0.3, -0.25) is 4.79 Å². The Morgan fingerprint density at radius 1 is 1.29 bits per heavy atom. The normalized spacial score (nSPS) is 15.0. The fourth-order valence-corrected chi connectivity index (χ4v) is 4.34. The van der Waals surface area contributed by atoms with Gasteiger partial charge in [0.05, 0.1) is 24.2 Å². The van der Waals surface area contributed by atoms with Crippen LogP contribution in [0.25, 0.3) is 21.9 Å². The monoisotopic (exact) mass is 392 g/mol. The van der Waals surface area contributed by atoms with E-state index in [0.29, 0.717) is 21.6 Å². The van der Waals surface area contributed by atoms with E-state index in [2.05, 4.69) is 20.9 Å². The van der Waals surface area contributed by atoms with Crippen LogP contribution in [0.2, 0.25) is 0 Å². The van der Waals surface area contributed by atoms with Crippen LogP contribution in [-0.4, -0.2) is 36.3 Å². The molecule has 6 nitrogen and oxygen atoms in total. The summed E-state index contributed by atoms with van der Waals surface area (Å²) < 4.78 is 5.39. The second-order valence-electron chi connectivity index (χ2n) is 6.74. The second kappa shape index (κ2) is 7.58. The number of nitrogens with one attached hydrogen (secondary N) is 1. The number of morpholine rings is 1. The number of H-pyrrole nitrogens is 1. The van der Waals surface area contributed by atoms with Crippen molar-refractivity contribution < 1.29 is 4.74 Å². The lowest BCUT2D eigenvalue weighted by Crippen LogP contribution is -2.36. The van der Waals surface area contributed by atoms with Crippen LogP contribution in [0, 0.1) is 25.2 Å². The molecule has 0 saturated carbocycles. The number of fused-ring (bicyclic) bond motifs is 1. The number of nitriles is 1. The van der Waals surface area contributed by atoms with Crippen LogP contribution in [0.4, 0.5) is 5.69 Å². The van der Waals surface area contributed by atoms with Crippen LogP contribution < -0.4 is 10.5 Å². The Labute approximate surface area is 166 Å². The maximum atomic E-state index is 12.5. The zero-order valence-corrected chi connectivity index (χ0v) is 16.6. The molecule has 3 aromatic rings. The van der Waals surface area contributed by atoms with Gasteiger partial charge in [-0.25, -0.2) is 4.98 Å². The number of aromatic amines is 1. The fraction of sp³-hybridized carbons (Fsp3) is 0.286. The summed E-state index contributed by atoms with van der Waals surface area (Å²) in [5.41, 5.74) is 3.10. The molecule has 7 heteroatoms. The Morgan fingerprint density at radius 3 is 2.68 bits per heavy atom. The summed E-state index contributed by atoms with van der Waals surface area (Å²) in [6, 6.07) is 10.2. The molecule has 142 valence electrons. The summed E-state index contributed by atoms with van der Waals surface area (Å²) in [5, 5.41) is 10.2. The molecule has 1 aromatic carbocycles. The number of rotatable bonds is 3. The zero-order chi connectivity index (χ0) is 19.7. The van der Waals surface area contributed by atoms with E-state index in [0.717, 1.165) is 48.0 Å². The Balaban J connectivity index is 1.67. The Hall–Kier alpha value is -2.95. The summed E-state index contributed by atoms with van der Waals surface area (Å²) in [6.07, 6.45) is 1.75. The summed E-state index contributed by atoms with van der Waals surface area (Å²) >= 11 is 1.48. The van der Waals surface area contributed by atoms with Gasteiger partial charge >= 0.3 is 0 Å². The molecule has 1 fully saturated rings. The number of hydrogen-bond acceptors (Lipinski definition) is 6. The van der Waals surface area contributed by atoms with Crippen LogP contribution in [-0.2, 0) is 4.74 Å². The van der Waals surface area contributed by atoms with Crippen LogP contribution in [0.3, 0.4) is 0 Å². The predicted octanol–water partition coefficient (Wildman–Crippen LogP) is 3.50. The molecule has 4 rings (SSSR count). The molecule has 1 aliphatic rings. The van der Waals surface area contributed by atoms with Gasteiger partial charge < -0.3 is 14.6 Å². The molecule has 0 amide bonds. The van der Waals surface area contributed by atoms with E-state index in [1.807, 2.05) is 38.1 Å². The van der Waals surface area contributed by atoms with Crippen LogP contribution in [0.15, 0.2) is 29.1 Å². The van der Waals surface area contributed by atoms with E-state index in [9.17, 15) is 10.1 Å². The van der Waals surface area contributed by atoms with E-state index in [4.69, 9.17) is 4.74 Å². The highest BCUT2D eigenvalue weighted by Crippen LogP contribution is 2.27. The summed E-state index contributed by atoms with van der Waals surface area (Å²) in [6.45, 7) is 7.12. The molecule has 0 spiro atoms. The molecular formula is C21H20N4O2S. The van der Waals surface area contributed by atoms with E-state index in [1.54, 1.807) is 6.08 Å². The number of benzene rings is 1. The lowest BCUT2D eigenvalue weighted by atomic mass is 10.1. The van der Waals surface area contributed by atoms with Crippen molar-refractivity contribution in [2.45, 2.75) is 13.8 Å². The van der Waals surface area contributed by atoms with Gasteiger partial charge in [-0.1, -0.05) is 12.1 Å². The van der Waals surface area contributed by atoms with Crippen molar-refractivity contribution in [3.8, 4) is 6.07 Å². The van der Waals surface area contributed by atoms with Gasteiger partial charge in [-0.15, -0.1) is 11.3 Å². The highest BCUT2D eigenvalue weighted by molar-refractivity contribution is 7.18. The quantitative estimate of drug-likeness (QED) is 0.690. The molecule has 0 unspecified atom stereocenters. The SMILES string of the molecule is Cc1sc2nc(/C(C#N)=C/c3ccc(N4CCOCC4)cc3)[nH]c(=O)c2c1C.